The number of carbonyl (C=O) groups excluding carboxylic acids is 1. The third kappa shape index (κ3) is 5.20. The molecule has 1 unspecified atom stereocenters. The summed E-state index contributed by atoms with van der Waals surface area (Å²) >= 11 is 0. The van der Waals surface area contributed by atoms with Gasteiger partial charge in [-0.05, 0) is 36.2 Å². The van der Waals surface area contributed by atoms with E-state index in [0.717, 1.165) is 0 Å². The zero-order valence-electron chi connectivity index (χ0n) is 18.7. The molecule has 1 atom stereocenters. The van der Waals surface area contributed by atoms with E-state index in [9.17, 15) is 17.6 Å². The van der Waals surface area contributed by atoms with Crippen molar-refractivity contribution in [2.75, 3.05) is 18.5 Å². The van der Waals surface area contributed by atoms with Gasteiger partial charge in [0.2, 0.25) is 15.9 Å². The number of imidazole rings is 1. The molecule has 34 heavy (non-hydrogen) atoms. The van der Waals surface area contributed by atoms with Gasteiger partial charge in [0.05, 0.1) is 30.1 Å². The first-order valence-corrected chi connectivity index (χ1v) is 12.2. The van der Waals surface area contributed by atoms with Crippen LogP contribution in [0.25, 0.3) is 5.69 Å². The van der Waals surface area contributed by atoms with Crippen molar-refractivity contribution in [3.8, 4) is 17.2 Å². The van der Waals surface area contributed by atoms with Crippen LogP contribution in [0.1, 0.15) is 20.3 Å². The molecule has 1 aliphatic rings. The molecule has 0 aliphatic carbocycles. The molecule has 4 rings (SSSR count). The molecular formula is C23H25FN4O5S. The minimum Gasteiger partial charge on any atom is -0.490 e. The Morgan fingerprint density at radius 1 is 1.12 bits per heavy atom. The molecule has 0 fully saturated rings. The van der Waals surface area contributed by atoms with Crippen molar-refractivity contribution in [3.63, 3.8) is 0 Å². The molecule has 1 amide bonds. The van der Waals surface area contributed by atoms with Crippen molar-refractivity contribution in [2.24, 2.45) is 5.92 Å². The highest BCUT2D eigenvalue weighted by molar-refractivity contribution is 7.89. The number of ether oxygens (including phenoxy) is 2. The number of anilines is 1. The molecule has 180 valence electrons. The van der Waals surface area contributed by atoms with Crippen LogP contribution >= 0.6 is 0 Å². The lowest BCUT2D eigenvalue weighted by Crippen LogP contribution is -2.47. The molecule has 0 saturated heterocycles. The number of nitrogens with zero attached hydrogens (tertiary/aromatic N) is 2. The lowest BCUT2D eigenvalue weighted by molar-refractivity contribution is -0.118. The number of carbonyl (C=O) groups is 1. The van der Waals surface area contributed by atoms with E-state index >= 15 is 0 Å². The van der Waals surface area contributed by atoms with Gasteiger partial charge in [0.25, 0.3) is 0 Å². The van der Waals surface area contributed by atoms with Gasteiger partial charge in [0.15, 0.2) is 11.5 Å². The normalized spacial score (nSPS) is 14.5. The summed E-state index contributed by atoms with van der Waals surface area (Å²) in [6, 6.07) is 7.41. The van der Waals surface area contributed by atoms with E-state index in [1.807, 2.05) is 0 Å². The van der Waals surface area contributed by atoms with Gasteiger partial charge >= 0.3 is 0 Å². The van der Waals surface area contributed by atoms with Gasteiger partial charge in [0, 0.05) is 30.6 Å². The first kappa shape index (κ1) is 23.7. The molecule has 0 radical (unpaired) electrons. The van der Waals surface area contributed by atoms with E-state index in [0.29, 0.717) is 31.1 Å². The zero-order valence-corrected chi connectivity index (χ0v) is 19.5. The molecule has 0 bridgehead atoms. The third-order valence-corrected chi connectivity index (χ3v) is 6.70. The zero-order chi connectivity index (χ0) is 24.3. The Kier molecular flexibility index (Phi) is 6.85. The number of rotatable bonds is 7. The van der Waals surface area contributed by atoms with Gasteiger partial charge in [-0.25, -0.2) is 17.8 Å². The van der Waals surface area contributed by atoms with Gasteiger partial charge in [-0.1, -0.05) is 13.8 Å². The predicted octanol–water partition coefficient (Wildman–Crippen LogP) is 3.11. The van der Waals surface area contributed by atoms with Crippen LogP contribution in [-0.4, -0.2) is 43.1 Å². The number of halogens is 1. The Hall–Kier alpha value is -3.44. The second-order valence-corrected chi connectivity index (χ2v) is 9.84. The minimum atomic E-state index is -4.06. The highest BCUT2D eigenvalue weighted by Crippen LogP contribution is 2.32. The van der Waals surface area contributed by atoms with E-state index < -0.39 is 27.8 Å². The SMILES string of the molecule is CC(C)C(NS(=O)(=O)c1ccc2c(c1)OCCCO2)C(=O)Nc1ccc(-n2ccnc2)c(F)c1. The largest absolute Gasteiger partial charge is 0.490 e. The van der Waals surface area contributed by atoms with Gasteiger partial charge in [-0.15, -0.1) is 0 Å². The first-order valence-electron chi connectivity index (χ1n) is 10.8. The average Bonchev–Trinajstić information content (AvgIpc) is 3.21. The summed E-state index contributed by atoms with van der Waals surface area (Å²) in [6.07, 6.45) is 5.27. The maximum absolute atomic E-state index is 14.5. The van der Waals surface area contributed by atoms with Crippen LogP contribution in [0, 0.1) is 11.7 Å². The predicted molar refractivity (Wildman–Crippen MR) is 123 cm³/mol. The Labute approximate surface area is 197 Å². The van der Waals surface area contributed by atoms with Gasteiger partial charge < -0.3 is 19.4 Å². The van der Waals surface area contributed by atoms with Crippen molar-refractivity contribution in [1.29, 1.82) is 0 Å². The summed E-state index contributed by atoms with van der Waals surface area (Å²) in [5.74, 6) is -0.757. The maximum atomic E-state index is 14.5. The number of benzene rings is 2. The van der Waals surface area contributed by atoms with Gasteiger partial charge in [-0.3, -0.25) is 4.79 Å². The molecule has 2 heterocycles. The Morgan fingerprint density at radius 3 is 2.56 bits per heavy atom. The average molecular weight is 489 g/mol. The van der Waals surface area contributed by atoms with E-state index in [-0.39, 0.29) is 22.2 Å². The number of hydrogen-bond donors (Lipinski definition) is 2. The molecule has 2 aromatic carbocycles. The molecule has 11 heteroatoms. The highest BCUT2D eigenvalue weighted by Gasteiger charge is 2.29. The fourth-order valence-corrected chi connectivity index (χ4v) is 4.81. The van der Waals surface area contributed by atoms with Crippen LogP contribution in [0.2, 0.25) is 0 Å². The summed E-state index contributed by atoms with van der Waals surface area (Å²) in [6.45, 7) is 4.32. The van der Waals surface area contributed by atoms with Crippen LogP contribution in [0.3, 0.4) is 0 Å². The molecule has 0 saturated carbocycles. The Balaban J connectivity index is 1.51. The second-order valence-electron chi connectivity index (χ2n) is 8.13. The number of amides is 1. The smallest absolute Gasteiger partial charge is 0.242 e. The highest BCUT2D eigenvalue weighted by atomic mass is 32.2. The Bertz CT molecular complexity index is 1280. The fraction of sp³-hybridized carbons (Fsp3) is 0.304. The van der Waals surface area contributed by atoms with E-state index in [2.05, 4.69) is 15.0 Å². The first-order chi connectivity index (χ1) is 16.2. The van der Waals surface area contributed by atoms with Crippen molar-refractivity contribution < 1.29 is 27.1 Å². The summed E-state index contributed by atoms with van der Waals surface area (Å²) in [5.41, 5.74) is 0.470. The van der Waals surface area contributed by atoms with Crippen LogP contribution in [0.4, 0.5) is 10.1 Å². The van der Waals surface area contributed by atoms with Crippen molar-refractivity contribution in [2.45, 2.75) is 31.2 Å². The third-order valence-electron chi connectivity index (χ3n) is 5.26. The van der Waals surface area contributed by atoms with Crippen molar-refractivity contribution >= 4 is 21.6 Å². The lowest BCUT2D eigenvalue weighted by Gasteiger charge is -2.22. The molecule has 0 spiro atoms. The number of nitrogens with one attached hydrogen (secondary N) is 2. The van der Waals surface area contributed by atoms with E-state index in [1.54, 1.807) is 20.0 Å². The molecule has 1 aromatic heterocycles. The molecule has 1 aliphatic heterocycles. The lowest BCUT2D eigenvalue weighted by atomic mass is 10.0. The topological polar surface area (TPSA) is 112 Å². The summed E-state index contributed by atoms with van der Waals surface area (Å²) in [5, 5.41) is 2.59. The number of aromatic nitrogens is 2. The second kappa shape index (κ2) is 9.82. The van der Waals surface area contributed by atoms with E-state index in [1.165, 1.54) is 53.5 Å². The Morgan fingerprint density at radius 2 is 1.88 bits per heavy atom. The standard InChI is InChI=1S/C23H25FN4O5S/c1-15(2)22(23(29)26-16-4-6-19(18(24)12-16)28-9-8-25-14-28)27-34(30,31)17-5-7-20-21(13-17)33-11-3-10-32-20/h4-9,12-15,22,27H,3,10-11H2,1-2H3,(H,26,29). The molecule has 2 N–H and O–H groups in total. The summed E-state index contributed by atoms with van der Waals surface area (Å²) < 4.78 is 55.7. The van der Waals surface area contributed by atoms with Crippen LogP contribution in [-0.2, 0) is 14.8 Å². The summed E-state index contributed by atoms with van der Waals surface area (Å²) in [7, 11) is -4.06. The van der Waals surface area contributed by atoms with Crippen LogP contribution < -0.4 is 19.5 Å². The quantitative estimate of drug-likeness (QED) is 0.529. The number of fused-ring (bicyclic) bond motifs is 1. The fourth-order valence-electron chi connectivity index (χ4n) is 3.45. The molecular weight excluding hydrogens is 463 g/mol. The summed E-state index contributed by atoms with van der Waals surface area (Å²) in [4.78, 5) is 16.8. The molecule has 9 nitrogen and oxygen atoms in total. The minimum absolute atomic E-state index is 0.0501. The number of hydrogen-bond acceptors (Lipinski definition) is 6. The number of sulfonamides is 1. The van der Waals surface area contributed by atoms with Crippen LogP contribution in [0.5, 0.6) is 11.5 Å². The molecule has 3 aromatic rings. The van der Waals surface area contributed by atoms with E-state index in [4.69, 9.17) is 9.47 Å². The van der Waals surface area contributed by atoms with Crippen molar-refractivity contribution in [3.05, 3.63) is 60.9 Å². The van der Waals surface area contributed by atoms with Crippen LogP contribution in [0.15, 0.2) is 60.0 Å². The van der Waals surface area contributed by atoms with Gasteiger partial charge in [0.1, 0.15) is 11.9 Å². The van der Waals surface area contributed by atoms with Crippen molar-refractivity contribution in [1.82, 2.24) is 14.3 Å². The monoisotopic (exact) mass is 488 g/mol. The maximum Gasteiger partial charge on any atom is 0.242 e. The van der Waals surface area contributed by atoms with Gasteiger partial charge in [-0.2, -0.15) is 4.72 Å².